The van der Waals surface area contributed by atoms with Crippen LogP contribution in [0.3, 0.4) is 0 Å². The molecule has 2 N–H and O–H groups in total. The van der Waals surface area contributed by atoms with Gasteiger partial charge < -0.3 is 5.11 Å². The van der Waals surface area contributed by atoms with E-state index in [-0.39, 0.29) is 5.25 Å². The molecule has 0 radical (unpaired) electrons. The lowest BCUT2D eigenvalue weighted by Gasteiger charge is -2.16. The summed E-state index contributed by atoms with van der Waals surface area (Å²) in [6, 6.07) is 1.69. The van der Waals surface area contributed by atoms with E-state index in [2.05, 4.69) is 9.62 Å². The molecule has 1 aliphatic heterocycles. The average molecular weight is 332 g/mol. The molecule has 1 aliphatic rings. The molecular weight excluding hydrogens is 312 g/mol. The monoisotopic (exact) mass is 332 g/mol. The number of aryl methyl sites for hydroxylation is 1. The van der Waals surface area contributed by atoms with Crippen LogP contribution in [0, 0.1) is 6.92 Å². The van der Waals surface area contributed by atoms with Gasteiger partial charge >= 0.3 is 5.97 Å². The van der Waals surface area contributed by atoms with Gasteiger partial charge in [-0.25, -0.2) is 17.9 Å². The molecule has 6 nitrogen and oxygen atoms in total. The van der Waals surface area contributed by atoms with Crippen LogP contribution >= 0.6 is 11.3 Å². The van der Waals surface area contributed by atoms with Crippen LogP contribution in [0.2, 0.25) is 0 Å². The van der Waals surface area contributed by atoms with Gasteiger partial charge in [0, 0.05) is 24.5 Å². The van der Waals surface area contributed by atoms with Gasteiger partial charge in [-0.3, -0.25) is 4.90 Å². The van der Waals surface area contributed by atoms with E-state index in [4.69, 9.17) is 5.11 Å². The van der Waals surface area contributed by atoms with Crippen molar-refractivity contribution in [3.05, 3.63) is 21.4 Å². The maximum Gasteiger partial charge on any atom is 0.345 e. The summed E-state index contributed by atoms with van der Waals surface area (Å²) in [6.07, 6.45) is 0.615. The third kappa shape index (κ3) is 3.82. The van der Waals surface area contributed by atoms with E-state index >= 15 is 0 Å². The summed E-state index contributed by atoms with van der Waals surface area (Å²) < 4.78 is 26.5. The lowest BCUT2D eigenvalue weighted by molar-refractivity contribution is 0.0702. The lowest BCUT2D eigenvalue weighted by Crippen LogP contribution is -2.36. The minimum atomic E-state index is -3.24. The maximum atomic E-state index is 12.0. The second-order valence-corrected chi connectivity index (χ2v) is 8.49. The molecule has 0 spiro atoms. The summed E-state index contributed by atoms with van der Waals surface area (Å²) in [4.78, 5) is 14.3. The Morgan fingerprint density at radius 2 is 2.29 bits per heavy atom. The fourth-order valence-corrected chi connectivity index (χ4v) is 4.87. The minimum absolute atomic E-state index is 0.332. The number of nitrogens with one attached hydrogen (secondary N) is 1. The zero-order valence-electron chi connectivity index (χ0n) is 12.1. The van der Waals surface area contributed by atoms with Gasteiger partial charge in [-0.2, -0.15) is 0 Å². The average Bonchev–Trinajstić information content (AvgIpc) is 2.98. The summed E-state index contributed by atoms with van der Waals surface area (Å²) in [5.74, 6) is -0.914. The highest BCUT2D eigenvalue weighted by molar-refractivity contribution is 7.90. The molecule has 21 heavy (non-hydrogen) atoms. The van der Waals surface area contributed by atoms with Crippen molar-refractivity contribution in [2.24, 2.45) is 0 Å². The first-order valence-electron chi connectivity index (χ1n) is 6.87. The Kier molecular flexibility index (Phi) is 5.03. The van der Waals surface area contributed by atoms with Crippen molar-refractivity contribution in [1.29, 1.82) is 0 Å². The van der Waals surface area contributed by atoms with Crippen LogP contribution in [0.15, 0.2) is 6.07 Å². The van der Waals surface area contributed by atoms with Crippen molar-refractivity contribution >= 4 is 27.3 Å². The fourth-order valence-electron chi connectivity index (χ4n) is 2.54. The van der Waals surface area contributed by atoms with Crippen LogP contribution in [0.4, 0.5) is 0 Å². The van der Waals surface area contributed by atoms with Gasteiger partial charge in [0.2, 0.25) is 10.0 Å². The molecule has 0 saturated carbocycles. The molecule has 0 aromatic carbocycles. The van der Waals surface area contributed by atoms with Crippen LogP contribution in [-0.4, -0.2) is 49.3 Å². The number of carboxylic acid groups (broad SMARTS) is 1. The van der Waals surface area contributed by atoms with E-state index in [1.54, 1.807) is 13.0 Å². The highest BCUT2D eigenvalue weighted by Crippen LogP contribution is 2.25. The van der Waals surface area contributed by atoms with Crippen molar-refractivity contribution in [1.82, 2.24) is 9.62 Å². The molecule has 2 heterocycles. The molecule has 2 rings (SSSR count). The van der Waals surface area contributed by atoms with Crippen molar-refractivity contribution in [2.45, 2.75) is 32.1 Å². The van der Waals surface area contributed by atoms with E-state index in [0.29, 0.717) is 37.5 Å². The summed E-state index contributed by atoms with van der Waals surface area (Å²) in [5.41, 5.74) is 0.971. The first-order valence-corrected chi connectivity index (χ1v) is 9.23. The number of likely N-dealkylation sites (tertiary alicyclic amines) is 1. The van der Waals surface area contributed by atoms with Gasteiger partial charge in [-0.05, 0) is 31.5 Å². The molecule has 1 aromatic heterocycles. The van der Waals surface area contributed by atoms with Crippen LogP contribution in [0.5, 0.6) is 0 Å². The number of thiophene rings is 1. The van der Waals surface area contributed by atoms with E-state index in [1.807, 2.05) is 6.92 Å². The molecule has 1 unspecified atom stereocenters. The Labute approximate surface area is 128 Å². The molecule has 1 fully saturated rings. The number of aromatic carboxylic acids is 1. The van der Waals surface area contributed by atoms with E-state index in [0.717, 1.165) is 10.4 Å². The predicted octanol–water partition coefficient (Wildman–Crippen LogP) is 1.27. The number of carboxylic acids is 1. The zero-order chi connectivity index (χ0) is 15.6. The third-order valence-corrected chi connectivity index (χ3v) is 6.67. The van der Waals surface area contributed by atoms with Crippen molar-refractivity contribution in [3.8, 4) is 0 Å². The van der Waals surface area contributed by atoms with Crippen molar-refractivity contribution in [2.75, 3.05) is 19.6 Å². The summed E-state index contributed by atoms with van der Waals surface area (Å²) in [5, 5.41) is 8.62. The van der Waals surface area contributed by atoms with E-state index in [1.165, 1.54) is 11.3 Å². The molecule has 0 amide bonds. The Morgan fingerprint density at radius 1 is 1.57 bits per heavy atom. The van der Waals surface area contributed by atoms with Crippen LogP contribution in [0.1, 0.15) is 33.5 Å². The van der Waals surface area contributed by atoms with Gasteiger partial charge in [-0.15, -0.1) is 11.3 Å². The van der Waals surface area contributed by atoms with Crippen LogP contribution in [-0.2, 0) is 16.6 Å². The Morgan fingerprint density at radius 3 is 2.86 bits per heavy atom. The van der Waals surface area contributed by atoms with Crippen LogP contribution < -0.4 is 4.72 Å². The maximum absolute atomic E-state index is 12.0. The third-order valence-electron chi connectivity index (χ3n) is 3.64. The van der Waals surface area contributed by atoms with Gasteiger partial charge in [-0.1, -0.05) is 6.92 Å². The first-order chi connectivity index (χ1) is 9.83. The Bertz CT molecular complexity index is 624. The van der Waals surface area contributed by atoms with E-state index < -0.39 is 16.0 Å². The standard InChI is InChI=1S/C13H20N2O4S2/c1-3-14-21(18,19)11-4-5-15(8-11)7-10-6-12(13(16)17)20-9(10)2/h6,11,14H,3-5,7-8H2,1-2H3,(H,16,17). The van der Waals surface area contributed by atoms with Gasteiger partial charge in [0.1, 0.15) is 4.88 Å². The normalized spacial score (nSPS) is 20.0. The number of carbonyl (C=O) groups is 1. The molecule has 0 aliphatic carbocycles. The number of rotatable bonds is 6. The lowest BCUT2D eigenvalue weighted by atomic mass is 10.2. The molecule has 1 saturated heterocycles. The molecular formula is C13H20N2O4S2. The summed E-state index contributed by atoms with van der Waals surface area (Å²) in [6.45, 7) is 5.89. The SMILES string of the molecule is CCNS(=O)(=O)C1CCN(Cc2cc(C(=O)O)sc2C)C1. The highest BCUT2D eigenvalue weighted by Gasteiger charge is 2.32. The molecule has 8 heteroatoms. The largest absolute Gasteiger partial charge is 0.477 e. The molecule has 1 aromatic rings. The van der Waals surface area contributed by atoms with Crippen LogP contribution in [0.25, 0.3) is 0 Å². The Hall–Kier alpha value is -0.960. The van der Waals surface area contributed by atoms with Gasteiger partial charge in [0.25, 0.3) is 0 Å². The minimum Gasteiger partial charge on any atom is -0.477 e. The zero-order valence-corrected chi connectivity index (χ0v) is 13.8. The molecule has 0 bridgehead atoms. The number of nitrogens with zero attached hydrogens (tertiary/aromatic N) is 1. The second kappa shape index (κ2) is 6.43. The number of hydrogen-bond acceptors (Lipinski definition) is 5. The topological polar surface area (TPSA) is 86.7 Å². The second-order valence-electron chi connectivity index (χ2n) is 5.19. The highest BCUT2D eigenvalue weighted by atomic mass is 32.2. The van der Waals surface area contributed by atoms with E-state index in [9.17, 15) is 13.2 Å². The quantitative estimate of drug-likeness (QED) is 0.819. The predicted molar refractivity (Wildman–Crippen MR) is 82.3 cm³/mol. The Balaban J connectivity index is 2.01. The summed E-state index contributed by atoms with van der Waals surface area (Å²) >= 11 is 1.26. The number of hydrogen-bond donors (Lipinski definition) is 2. The number of sulfonamides is 1. The smallest absolute Gasteiger partial charge is 0.345 e. The molecule has 1 atom stereocenters. The molecule has 118 valence electrons. The van der Waals surface area contributed by atoms with Crippen molar-refractivity contribution in [3.63, 3.8) is 0 Å². The van der Waals surface area contributed by atoms with Gasteiger partial charge in [0.15, 0.2) is 0 Å². The fraction of sp³-hybridized carbons (Fsp3) is 0.615. The van der Waals surface area contributed by atoms with Gasteiger partial charge in [0.05, 0.1) is 5.25 Å². The van der Waals surface area contributed by atoms with Crippen molar-refractivity contribution < 1.29 is 18.3 Å². The first kappa shape index (κ1) is 16.4. The summed E-state index contributed by atoms with van der Waals surface area (Å²) in [7, 11) is -3.24.